The zero-order valence-corrected chi connectivity index (χ0v) is 13.0. The summed E-state index contributed by atoms with van der Waals surface area (Å²) in [7, 11) is 3.99. The van der Waals surface area contributed by atoms with Crippen molar-refractivity contribution in [1.82, 2.24) is 30.1 Å². The van der Waals surface area contributed by atoms with Crippen molar-refractivity contribution in [2.75, 3.05) is 20.6 Å². The van der Waals surface area contributed by atoms with E-state index in [1.54, 1.807) is 10.7 Å². The van der Waals surface area contributed by atoms with Crippen molar-refractivity contribution in [3.05, 3.63) is 29.9 Å². The predicted molar refractivity (Wildman–Crippen MR) is 79.9 cm³/mol. The van der Waals surface area contributed by atoms with Crippen LogP contribution in [0, 0.1) is 5.82 Å². The van der Waals surface area contributed by atoms with E-state index in [0.717, 1.165) is 6.54 Å². The fourth-order valence-corrected chi connectivity index (χ4v) is 2.62. The van der Waals surface area contributed by atoms with Crippen molar-refractivity contribution in [1.29, 1.82) is 0 Å². The summed E-state index contributed by atoms with van der Waals surface area (Å²) in [6.07, 6.45) is 0. The number of rotatable bonds is 6. The monoisotopic (exact) mass is 322 g/mol. The SMILES string of the molecule is CN(C)CCn1nnnc1SCc1nc2ccc(F)cc2o1. The molecule has 0 bridgehead atoms. The molecule has 0 amide bonds. The Hall–Kier alpha value is -2.00. The molecular weight excluding hydrogens is 307 g/mol. The van der Waals surface area contributed by atoms with Crippen LogP contribution in [-0.2, 0) is 12.3 Å². The highest BCUT2D eigenvalue weighted by atomic mass is 32.2. The highest BCUT2D eigenvalue weighted by molar-refractivity contribution is 7.98. The highest BCUT2D eigenvalue weighted by Gasteiger charge is 2.11. The third-order valence-corrected chi connectivity index (χ3v) is 3.92. The summed E-state index contributed by atoms with van der Waals surface area (Å²) < 4.78 is 20.4. The number of benzene rings is 1. The molecule has 2 aromatic heterocycles. The van der Waals surface area contributed by atoms with Crippen molar-refractivity contribution < 1.29 is 8.81 Å². The van der Waals surface area contributed by atoms with Crippen LogP contribution in [0.5, 0.6) is 0 Å². The van der Waals surface area contributed by atoms with Crippen molar-refractivity contribution >= 4 is 22.9 Å². The molecule has 3 rings (SSSR count). The van der Waals surface area contributed by atoms with Crippen LogP contribution in [0.15, 0.2) is 27.8 Å². The molecular formula is C13H15FN6OS. The lowest BCUT2D eigenvalue weighted by molar-refractivity contribution is 0.361. The van der Waals surface area contributed by atoms with Gasteiger partial charge in [0.1, 0.15) is 11.3 Å². The summed E-state index contributed by atoms with van der Waals surface area (Å²) in [5.74, 6) is 0.668. The lowest BCUT2D eigenvalue weighted by atomic mass is 10.3. The Morgan fingerprint density at radius 1 is 1.36 bits per heavy atom. The molecule has 0 radical (unpaired) electrons. The van der Waals surface area contributed by atoms with Gasteiger partial charge in [0.25, 0.3) is 0 Å². The maximum Gasteiger partial charge on any atom is 0.209 e. The van der Waals surface area contributed by atoms with Gasteiger partial charge in [-0.05, 0) is 36.7 Å². The number of halogens is 1. The summed E-state index contributed by atoms with van der Waals surface area (Å²) in [6.45, 7) is 1.56. The number of thioether (sulfide) groups is 1. The van der Waals surface area contributed by atoms with Crippen molar-refractivity contribution in [2.24, 2.45) is 0 Å². The van der Waals surface area contributed by atoms with Gasteiger partial charge in [-0.15, -0.1) is 5.10 Å². The molecule has 2 heterocycles. The van der Waals surface area contributed by atoms with Gasteiger partial charge in [0.15, 0.2) is 5.58 Å². The molecule has 0 N–H and O–H groups in total. The average Bonchev–Trinajstić information content (AvgIpc) is 3.08. The van der Waals surface area contributed by atoms with Gasteiger partial charge in [-0.25, -0.2) is 14.1 Å². The molecule has 0 saturated heterocycles. The lowest BCUT2D eigenvalue weighted by Crippen LogP contribution is -2.19. The molecule has 9 heteroatoms. The second-order valence-electron chi connectivity index (χ2n) is 5.00. The highest BCUT2D eigenvalue weighted by Crippen LogP contribution is 2.23. The first-order chi connectivity index (χ1) is 10.6. The van der Waals surface area contributed by atoms with Gasteiger partial charge in [0.05, 0.1) is 12.3 Å². The number of oxazole rings is 1. The zero-order valence-electron chi connectivity index (χ0n) is 12.2. The second-order valence-corrected chi connectivity index (χ2v) is 5.94. The predicted octanol–water partition coefficient (Wildman–Crippen LogP) is 1.81. The average molecular weight is 322 g/mol. The summed E-state index contributed by atoms with van der Waals surface area (Å²) >= 11 is 1.44. The number of likely N-dealkylation sites (N-methyl/N-ethyl adjacent to an activating group) is 1. The van der Waals surface area contributed by atoms with Crippen molar-refractivity contribution in [2.45, 2.75) is 17.5 Å². The first-order valence-electron chi connectivity index (χ1n) is 6.70. The van der Waals surface area contributed by atoms with E-state index in [-0.39, 0.29) is 5.82 Å². The molecule has 0 aliphatic rings. The van der Waals surface area contributed by atoms with Crippen LogP contribution in [0.4, 0.5) is 4.39 Å². The van der Waals surface area contributed by atoms with Crippen LogP contribution >= 0.6 is 11.8 Å². The number of tetrazole rings is 1. The Kier molecular flexibility index (Phi) is 4.34. The van der Waals surface area contributed by atoms with Crippen LogP contribution in [-0.4, -0.2) is 50.7 Å². The molecule has 22 heavy (non-hydrogen) atoms. The smallest absolute Gasteiger partial charge is 0.209 e. The Morgan fingerprint density at radius 2 is 2.23 bits per heavy atom. The largest absolute Gasteiger partial charge is 0.440 e. The molecule has 0 aliphatic heterocycles. The third-order valence-electron chi connectivity index (χ3n) is 2.98. The van der Waals surface area contributed by atoms with Gasteiger partial charge in [0.2, 0.25) is 11.0 Å². The molecule has 0 aliphatic carbocycles. The lowest BCUT2D eigenvalue weighted by Gasteiger charge is -2.09. The van der Waals surface area contributed by atoms with Gasteiger partial charge in [-0.1, -0.05) is 11.8 Å². The zero-order chi connectivity index (χ0) is 15.5. The van der Waals surface area contributed by atoms with E-state index in [1.165, 1.54) is 23.9 Å². The van der Waals surface area contributed by atoms with Crippen molar-refractivity contribution in [3.8, 4) is 0 Å². The van der Waals surface area contributed by atoms with E-state index in [4.69, 9.17) is 4.42 Å². The molecule has 0 saturated carbocycles. The standard InChI is InChI=1S/C13H15FN6OS/c1-19(2)5-6-20-13(16-17-18-20)22-8-12-15-10-4-3-9(14)7-11(10)21-12/h3-4,7H,5-6,8H2,1-2H3. The van der Waals surface area contributed by atoms with E-state index in [2.05, 4.69) is 25.4 Å². The van der Waals surface area contributed by atoms with Gasteiger partial charge < -0.3 is 9.32 Å². The van der Waals surface area contributed by atoms with E-state index < -0.39 is 0 Å². The minimum absolute atomic E-state index is 0.338. The van der Waals surface area contributed by atoms with E-state index in [1.807, 2.05) is 14.1 Å². The summed E-state index contributed by atoms with van der Waals surface area (Å²) in [5, 5.41) is 12.4. The van der Waals surface area contributed by atoms with Crippen LogP contribution in [0.3, 0.4) is 0 Å². The Balaban J connectivity index is 1.67. The fraction of sp³-hybridized carbons (Fsp3) is 0.385. The van der Waals surface area contributed by atoms with Gasteiger partial charge in [0, 0.05) is 12.6 Å². The molecule has 0 unspecified atom stereocenters. The maximum atomic E-state index is 13.1. The topological polar surface area (TPSA) is 72.9 Å². The molecule has 1 aromatic carbocycles. The summed E-state index contributed by atoms with van der Waals surface area (Å²) in [4.78, 5) is 6.38. The summed E-state index contributed by atoms with van der Waals surface area (Å²) in [6, 6.07) is 4.30. The minimum Gasteiger partial charge on any atom is -0.440 e. The Morgan fingerprint density at radius 3 is 3.05 bits per heavy atom. The number of fused-ring (bicyclic) bond motifs is 1. The van der Waals surface area contributed by atoms with Crippen molar-refractivity contribution in [3.63, 3.8) is 0 Å². The maximum absolute atomic E-state index is 13.1. The summed E-state index contributed by atoms with van der Waals surface area (Å²) in [5.41, 5.74) is 1.09. The van der Waals surface area contributed by atoms with E-state index in [0.29, 0.717) is 34.4 Å². The Bertz CT molecular complexity index is 771. The first kappa shape index (κ1) is 14.9. The molecule has 0 atom stereocenters. The Labute approximate surface area is 130 Å². The fourth-order valence-electron chi connectivity index (χ4n) is 1.87. The molecule has 116 valence electrons. The van der Waals surface area contributed by atoms with Crippen LogP contribution < -0.4 is 0 Å². The number of hydrogen-bond donors (Lipinski definition) is 0. The third kappa shape index (κ3) is 3.42. The van der Waals surface area contributed by atoms with E-state index in [9.17, 15) is 4.39 Å². The van der Waals surface area contributed by atoms with E-state index >= 15 is 0 Å². The first-order valence-corrected chi connectivity index (χ1v) is 7.69. The van der Waals surface area contributed by atoms with Gasteiger partial charge >= 0.3 is 0 Å². The quantitative estimate of drug-likeness (QED) is 0.641. The molecule has 0 spiro atoms. The minimum atomic E-state index is -0.338. The van der Waals surface area contributed by atoms with Crippen LogP contribution in [0.25, 0.3) is 11.1 Å². The van der Waals surface area contributed by atoms with Crippen LogP contribution in [0.1, 0.15) is 5.89 Å². The number of nitrogens with zero attached hydrogens (tertiary/aromatic N) is 6. The van der Waals surface area contributed by atoms with Gasteiger partial charge in [-0.2, -0.15) is 0 Å². The normalized spacial score (nSPS) is 11.6. The van der Waals surface area contributed by atoms with Gasteiger partial charge in [-0.3, -0.25) is 0 Å². The molecule has 3 aromatic rings. The molecule has 0 fully saturated rings. The van der Waals surface area contributed by atoms with Crippen LogP contribution in [0.2, 0.25) is 0 Å². The number of hydrogen-bond acceptors (Lipinski definition) is 7. The number of aromatic nitrogens is 5. The second kappa shape index (κ2) is 6.41. The molecule has 7 nitrogen and oxygen atoms in total.